The second-order valence-electron chi connectivity index (χ2n) is 2.95. The highest BCUT2D eigenvalue weighted by atomic mass is 32.2. The molecule has 16 heavy (non-hydrogen) atoms. The molecule has 0 unspecified atom stereocenters. The smallest absolute Gasteiger partial charge is 0.185 e. The van der Waals surface area contributed by atoms with E-state index < -0.39 is 0 Å². The number of hydrogen-bond donors (Lipinski definition) is 0. The van der Waals surface area contributed by atoms with Gasteiger partial charge in [0.15, 0.2) is 11.4 Å². The Labute approximate surface area is 98.7 Å². The number of nitrogens with zero attached hydrogens (tertiary/aromatic N) is 1. The van der Waals surface area contributed by atoms with E-state index in [-0.39, 0.29) is 5.12 Å². The van der Waals surface area contributed by atoms with Gasteiger partial charge in [0.1, 0.15) is 5.69 Å². The second kappa shape index (κ2) is 6.81. The summed E-state index contributed by atoms with van der Waals surface area (Å²) < 4.78 is 0. The van der Waals surface area contributed by atoms with Gasteiger partial charge in [-0.25, -0.2) is 4.98 Å². The molecule has 1 rings (SSSR count). The van der Waals surface area contributed by atoms with Crippen molar-refractivity contribution >= 4 is 23.2 Å². The quantitative estimate of drug-likeness (QED) is 0.454. The molecule has 3 nitrogen and oxygen atoms in total. The first-order chi connectivity index (χ1) is 7.74. The lowest BCUT2D eigenvalue weighted by molar-refractivity contribution is -0.109. The Bertz CT molecular complexity index is 446. The van der Waals surface area contributed by atoms with Crippen LogP contribution in [0.25, 0.3) is 0 Å². The van der Waals surface area contributed by atoms with Crippen LogP contribution in [0.3, 0.4) is 0 Å². The first-order valence-electron chi connectivity index (χ1n) is 4.76. The van der Waals surface area contributed by atoms with E-state index in [1.807, 2.05) is 0 Å². The molecule has 0 atom stereocenters. The lowest BCUT2D eigenvalue weighted by Crippen LogP contribution is -1.90. The van der Waals surface area contributed by atoms with Crippen molar-refractivity contribution in [2.45, 2.75) is 13.3 Å². The van der Waals surface area contributed by atoms with Crippen molar-refractivity contribution in [3.63, 3.8) is 0 Å². The second-order valence-corrected chi connectivity index (χ2v) is 4.22. The minimum atomic E-state index is 0.0909. The Morgan fingerprint density at radius 2 is 2.44 bits per heavy atom. The highest BCUT2D eigenvalue weighted by Gasteiger charge is 1.97. The number of carbonyl (C=O) groups is 2. The van der Waals surface area contributed by atoms with Crippen LogP contribution < -0.4 is 0 Å². The van der Waals surface area contributed by atoms with Gasteiger partial charge in [-0.15, -0.1) is 0 Å². The summed E-state index contributed by atoms with van der Waals surface area (Å²) in [6.45, 7) is 1.53. The zero-order chi connectivity index (χ0) is 11.8. The Balaban J connectivity index is 2.56. The van der Waals surface area contributed by atoms with E-state index in [9.17, 15) is 9.59 Å². The van der Waals surface area contributed by atoms with Gasteiger partial charge in [-0.1, -0.05) is 17.7 Å². The molecule has 1 aromatic heterocycles. The predicted molar refractivity (Wildman–Crippen MR) is 64.3 cm³/mol. The van der Waals surface area contributed by atoms with Crippen molar-refractivity contribution in [1.82, 2.24) is 4.98 Å². The molecule has 0 amide bonds. The van der Waals surface area contributed by atoms with E-state index >= 15 is 0 Å². The maximum absolute atomic E-state index is 10.6. The van der Waals surface area contributed by atoms with Crippen LogP contribution in [0.2, 0.25) is 0 Å². The average Bonchev–Trinajstić information content (AvgIpc) is 2.29. The van der Waals surface area contributed by atoms with Gasteiger partial charge < -0.3 is 0 Å². The molecule has 0 saturated carbocycles. The van der Waals surface area contributed by atoms with Gasteiger partial charge in [-0.3, -0.25) is 9.59 Å². The summed E-state index contributed by atoms with van der Waals surface area (Å²) in [5.74, 6) is 6.38. The third kappa shape index (κ3) is 4.28. The van der Waals surface area contributed by atoms with E-state index in [1.54, 1.807) is 18.3 Å². The Morgan fingerprint density at radius 1 is 1.62 bits per heavy atom. The third-order valence-corrected chi connectivity index (χ3v) is 2.52. The Kier molecular flexibility index (Phi) is 5.30. The number of pyridine rings is 1. The van der Waals surface area contributed by atoms with Gasteiger partial charge in [0.25, 0.3) is 0 Å². The third-order valence-electron chi connectivity index (χ3n) is 1.71. The number of aromatic nitrogens is 1. The van der Waals surface area contributed by atoms with Crippen molar-refractivity contribution in [1.29, 1.82) is 0 Å². The molecule has 82 valence electrons. The molecule has 0 spiro atoms. The van der Waals surface area contributed by atoms with Gasteiger partial charge in [-0.05, 0) is 18.1 Å². The summed E-state index contributed by atoms with van der Waals surface area (Å²) in [7, 11) is 0. The molecule has 0 N–H and O–H groups in total. The van der Waals surface area contributed by atoms with Crippen LogP contribution in [0.5, 0.6) is 0 Å². The highest BCUT2D eigenvalue weighted by Crippen LogP contribution is 2.03. The minimum absolute atomic E-state index is 0.0909. The molecule has 0 radical (unpaired) electrons. The van der Waals surface area contributed by atoms with E-state index in [0.29, 0.717) is 23.4 Å². The molecule has 4 heteroatoms. The van der Waals surface area contributed by atoms with Gasteiger partial charge in [0, 0.05) is 30.9 Å². The van der Waals surface area contributed by atoms with E-state index in [4.69, 9.17) is 0 Å². The zero-order valence-corrected chi connectivity index (χ0v) is 9.71. The Morgan fingerprint density at radius 3 is 3.12 bits per heavy atom. The van der Waals surface area contributed by atoms with E-state index in [0.717, 1.165) is 6.29 Å². The number of rotatable bonds is 3. The predicted octanol–water partition coefficient (Wildman–Crippen LogP) is 1.92. The largest absolute Gasteiger partial charge is 0.298 e. The summed E-state index contributed by atoms with van der Waals surface area (Å²) in [5.41, 5.74) is 0.986. The fraction of sp³-hybridized carbons (Fsp3) is 0.250. The van der Waals surface area contributed by atoms with Crippen molar-refractivity contribution < 1.29 is 9.59 Å². The van der Waals surface area contributed by atoms with Crippen LogP contribution in [0.1, 0.15) is 29.4 Å². The van der Waals surface area contributed by atoms with Gasteiger partial charge in [0.05, 0.1) is 0 Å². The van der Waals surface area contributed by atoms with Crippen LogP contribution in [0.4, 0.5) is 0 Å². The fourth-order valence-electron chi connectivity index (χ4n) is 1.01. The van der Waals surface area contributed by atoms with Crippen LogP contribution in [-0.2, 0) is 4.79 Å². The molecule has 1 heterocycles. The van der Waals surface area contributed by atoms with Gasteiger partial charge in [0.2, 0.25) is 0 Å². The SMILES string of the molecule is CC(=O)SCCC#Cc1ncccc1C=O. The molecular formula is C12H11NO2S. The molecule has 0 bridgehead atoms. The monoisotopic (exact) mass is 233 g/mol. The first kappa shape index (κ1) is 12.5. The molecule has 0 aliphatic heterocycles. The van der Waals surface area contributed by atoms with Crippen molar-refractivity contribution in [3.05, 3.63) is 29.6 Å². The topological polar surface area (TPSA) is 47.0 Å². The normalized spacial score (nSPS) is 9.06. The first-order valence-corrected chi connectivity index (χ1v) is 5.75. The molecular weight excluding hydrogens is 222 g/mol. The Hall–Kier alpha value is -1.60. The lowest BCUT2D eigenvalue weighted by Gasteiger charge is -1.93. The molecule has 0 aromatic carbocycles. The molecule has 0 saturated heterocycles. The fourth-order valence-corrected chi connectivity index (χ4v) is 1.50. The number of hydrogen-bond acceptors (Lipinski definition) is 4. The minimum Gasteiger partial charge on any atom is -0.298 e. The van der Waals surface area contributed by atoms with Crippen molar-refractivity contribution in [2.24, 2.45) is 0 Å². The van der Waals surface area contributed by atoms with Crippen molar-refractivity contribution in [3.8, 4) is 11.8 Å². The number of aldehydes is 1. The standard InChI is InChI=1S/C12H11NO2S/c1-10(15)16-8-3-2-6-12-11(9-14)5-4-7-13-12/h4-5,7,9H,3,8H2,1H3. The maximum Gasteiger partial charge on any atom is 0.185 e. The van der Waals surface area contributed by atoms with E-state index in [2.05, 4.69) is 16.8 Å². The summed E-state index contributed by atoms with van der Waals surface area (Å²) in [4.78, 5) is 25.3. The van der Waals surface area contributed by atoms with E-state index in [1.165, 1.54) is 18.7 Å². The number of carbonyl (C=O) groups excluding carboxylic acids is 2. The molecule has 0 fully saturated rings. The lowest BCUT2D eigenvalue weighted by atomic mass is 10.2. The number of thioether (sulfide) groups is 1. The van der Waals surface area contributed by atoms with Gasteiger partial charge in [-0.2, -0.15) is 0 Å². The van der Waals surface area contributed by atoms with Crippen LogP contribution in [0, 0.1) is 11.8 Å². The van der Waals surface area contributed by atoms with Gasteiger partial charge >= 0.3 is 0 Å². The van der Waals surface area contributed by atoms with Crippen LogP contribution >= 0.6 is 11.8 Å². The molecule has 1 aromatic rings. The summed E-state index contributed by atoms with van der Waals surface area (Å²) >= 11 is 1.25. The highest BCUT2D eigenvalue weighted by molar-refractivity contribution is 8.13. The average molecular weight is 233 g/mol. The van der Waals surface area contributed by atoms with Crippen molar-refractivity contribution in [2.75, 3.05) is 5.75 Å². The summed E-state index contributed by atoms with van der Waals surface area (Å²) in [5, 5.41) is 0.0909. The summed E-state index contributed by atoms with van der Waals surface area (Å²) in [6.07, 6.45) is 2.95. The summed E-state index contributed by atoms with van der Waals surface area (Å²) in [6, 6.07) is 3.37. The van der Waals surface area contributed by atoms with Crippen LogP contribution in [0.15, 0.2) is 18.3 Å². The van der Waals surface area contributed by atoms with Crippen LogP contribution in [-0.4, -0.2) is 22.1 Å². The zero-order valence-electron chi connectivity index (χ0n) is 8.90. The molecule has 0 aliphatic rings. The molecule has 0 aliphatic carbocycles. The maximum atomic E-state index is 10.6.